The Morgan fingerprint density at radius 2 is 2.00 bits per heavy atom. The monoisotopic (exact) mass is 298 g/mol. The Hall–Kier alpha value is -2.37. The molecule has 22 heavy (non-hydrogen) atoms. The molecule has 2 aliphatic rings. The number of amides is 2. The molecule has 2 aromatic rings. The van der Waals surface area contributed by atoms with Crippen molar-refractivity contribution in [2.75, 3.05) is 24.5 Å². The van der Waals surface area contributed by atoms with Gasteiger partial charge >= 0.3 is 0 Å². The third-order valence-corrected chi connectivity index (χ3v) is 4.60. The number of fused-ring (bicyclic) bond motifs is 1. The number of carbonyl (C=O) groups excluding carboxylic acids is 2. The predicted molar refractivity (Wildman–Crippen MR) is 82.4 cm³/mol. The van der Waals surface area contributed by atoms with Crippen LogP contribution in [0.4, 0.5) is 5.82 Å². The quantitative estimate of drug-likeness (QED) is 0.914. The highest BCUT2D eigenvalue weighted by Crippen LogP contribution is 2.30. The summed E-state index contributed by atoms with van der Waals surface area (Å²) < 4.78 is 0. The number of nitrogens with one attached hydrogen (secondary N) is 1. The van der Waals surface area contributed by atoms with Gasteiger partial charge in [0.05, 0.1) is 11.4 Å². The summed E-state index contributed by atoms with van der Waals surface area (Å²) in [5.74, 6) is 0.501. The molecule has 0 spiro atoms. The van der Waals surface area contributed by atoms with Crippen LogP contribution in [0.3, 0.4) is 0 Å². The van der Waals surface area contributed by atoms with E-state index < -0.39 is 0 Å². The number of likely N-dealkylation sites (tertiary alicyclic amines) is 1. The molecule has 1 N–H and O–H groups in total. The molecular formula is C16H18N4O2. The summed E-state index contributed by atoms with van der Waals surface area (Å²) in [4.78, 5) is 28.4. The van der Waals surface area contributed by atoms with Crippen molar-refractivity contribution in [3.8, 4) is 0 Å². The van der Waals surface area contributed by atoms with Gasteiger partial charge in [-0.1, -0.05) is 12.1 Å². The van der Waals surface area contributed by atoms with Crippen LogP contribution in [-0.4, -0.2) is 46.5 Å². The predicted octanol–water partition coefficient (Wildman–Crippen LogP) is 1.54. The van der Waals surface area contributed by atoms with Crippen molar-refractivity contribution in [2.45, 2.75) is 19.3 Å². The van der Waals surface area contributed by atoms with Crippen LogP contribution < -0.4 is 4.90 Å². The van der Waals surface area contributed by atoms with Gasteiger partial charge in [0.25, 0.3) is 0 Å². The molecule has 6 nitrogen and oxygen atoms in total. The second-order valence-electron chi connectivity index (χ2n) is 6.03. The van der Waals surface area contributed by atoms with Gasteiger partial charge in [-0.25, -0.2) is 0 Å². The van der Waals surface area contributed by atoms with Crippen molar-refractivity contribution in [3.63, 3.8) is 0 Å². The fourth-order valence-corrected chi connectivity index (χ4v) is 3.43. The maximum Gasteiger partial charge on any atom is 0.229 e. The lowest BCUT2D eigenvalue weighted by Crippen LogP contribution is -2.35. The van der Waals surface area contributed by atoms with Gasteiger partial charge in [0.1, 0.15) is 0 Å². The molecule has 0 radical (unpaired) electrons. The minimum atomic E-state index is -0.235. The number of aromatic amines is 1. The number of carbonyl (C=O) groups is 2. The highest BCUT2D eigenvalue weighted by atomic mass is 16.2. The molecule has 6 heteroatoms. The Balaban J connectivity index is 1.58. The van der Waals surface area contributed by atoms with Crippen molar-refractivity contribution in [1.82, 2.24) is 15.1 Å². The highest BCUT2D eigenvalue weighted by Gasteiger charge is 2.39. The number of aromatic nitrogens is 2. The molecule has 4 rings (SSSR count). The number of rotatable bonds is 2. The number of H-pyrrole nitrogens is 1. The molecule has 0 bridgehead atoms. The van der Waals surface area contributed by atoms with Gasteiger partial charge in [0.2, 0.25) is 11.8 Å². The van der Waals surface area contributed by atoms with Crippen LogP contribution in [0, 0.1) is 5.92 Å². The van der Waals surface area contributed by atoms with Gasteiger partial charge in [-0.05, 0) is 25.0 Å². The third-order valence-electron chi connectivity index (χ3n) is 4.60. The average molecular weight is 298 g/mol. The summed E-state index contributed by atoms with van der Waals surface area (Å²) in [6.45, 7) is 2.09. The first-order valence-electron chi connectivity index (χ1n) is 7.76. The summed E-state index contributed by atoms with van der Waals surface area (Å²) >= 11 is 0. The molecule has 0 aliphatic carbocycles. The lowest BCUT2D eigenvalue weighted by molar-refractivity contribution is -0.134. The average Bonchev–Trinajstić information content (AvgIpc) is 3.25. The first-order valence-corrected chi connectivity index (χ1v) is 7.76. The molecule has 2 aliphatic heterocycles. The Labute approximate surface area is 128 Å². The minimum Gasteiger partial charge on any atom is -0.342 e. The Kier molecular flexibility index (Phi) is 3.10. The second-order valence-corrected chi connectivity index (χ2v) is 6.03. The number of nitrogens with zero attached hydrogens (tertiary/aromatic N) is 3. The second kappa shape index (κ2) is 5.12. The number of benzene rings is 1. The fraction of sp³-hybridized carbons (Fsp3) is 0.438. The van der Waals surface area contributed by atoms with Gasteiger partial charge in [0.15, 0.2) is 5.82 Å². The van der Waals surface area contributed by atoms with Crippen LogP contribution >= 0.6 is 0 Å². The fourth-order valence-electron chi connectivity index (χ4n) is 3.43. The number of hydrogen-bond donors (Lipinski definition) is 1. The summed E-state index contributed by atoms with van der Waals surface area (Å²) in [7, 11) is 0. The molecule has 2 fully saturated rings. The maximum absolute atomic E-state index is 12.5. The summed E-state index contributed by atoms with van der Waals surface area (Å²) in [5.41, 5.74) is 0.902. The molecule has 114 valence electrons. The lowest BCUT2D eigenvalue weighted by atomic mass is 10.1. The van der Waals surface area contributed by atoms with Gasteiger partial charge in [-0.3, -0.25) is 19.6 Å². The van der Waals surface area contributed by atoms with Gasteiger partial charge in [-0.15, -0.1) is 0 Å². The SMILES string of the molecule is O=C(C1CC(=O)N(c2n[nH]c3ccccc23)C1)N1CCCC1. The van der Waals surface area contributed by atoms with Gasteiger partial charge in [0, 0.05) is 31.4 Å². The van der Waals surface area contributed by atoms with E-state index in [0.717, 1.165) is 36.8 Å². The Morgan fingerprint density at radius 3 is 2.82 bits per heavy atom. The lowest BCUT2D eigenvalue weighted by Gasteiger charge is -2.19. The van der Waals surface area contributed by atoms with Gasteiger partial charge in [-0.2, -0.15) is 5.10 Å². The van der Waals surface area contributed by atoms with Crippen molar-refractivity contribution >= 4 is 28.5 Å². The van der Waals surface area contributed by atoms with Crippen molar-refractivity contribution < 1.29 is 9.59 Å². The normalized spacial score (nSPS) is 22.0. The van der Waals surface area contributed by atoms with E-state index in [1.54, 1.807) is 4.90 Å². The Morgan fingerprint density at radius 1 is 1.23 bits per heavy atom. The Bertz CT molecular complexity index is 733. The minimum absolute atomic E-state index is 0.0187. The number of anilines is 1. The molecular weight excluding hydrogens is 280 g/mol. The third kappa shape index (κ3) is 2.06. The maximum atomic E-state index is 12.5. The zero-order valence-electron chi connectivity index (χ0n) is 12.3. The summed E-state index contributed by atoms with van der Waals surface area (Å²) in [5, 5.41) is 8.14. The van der Waals surface area contributed by atoms with E-state index in [9.17, 15) is 9.59 Å². The van der Waals surface area contributed by atoms with Crippen LogP contribution in [0.25, 0.3) is 10.9 Å². The van der Waals surface area contributed by atoms with Crippen LogP contribution in [0.5, 0.6) is 0 Å². The largest absolute Gasteiger partial charge is 0.342 e. The molecule has 1 aromatic heterocycles. The molecule has 2 saturated heterocycles. The van der Waals surface area contributed by atoms with E-state index in [-0.39, 0.29) is 24.2 Å². The summed E-state index contributed by atoms with van der Waals surface area (Å²) in [6, 6.07) is 7.72. The standard InChI is InChI=1S/C16H18N4O2/c21-14-9-11(16(22)19-7-3-4-8-19)10-20(14)15-12-5-1-2-6-13(12)17-18-15/h1-2,5-6,11H,3-4,7-10H2,(H,17,18). The van der Waals surface area contributed by atoms with E-state index in [4.69, 9.17) is 0 Å². The van der Waals surface area contributed by atoms with Crippen molar-refractivity contribution in [3.05, 3.63) is 24.3 Å². The van der Waals surface area contributed by atoms with E-state index in [0.29, 0.717) is 12.4 Å². The van der Waals surface area contributed by atoms with E-state index in [2.05, 4.69) is 10.2 Å². The molecule has 3 heterocycles. The first kappa shape index (κ1) is 13.3. The highest BCUT2D eigenvalue weighted by molar-refractivity contribution is 6.05. The smallest absolute Gasteiger partial charge is 0.229 e. The van der Waals surface area contributed by atoms with Gasteiger partial charge < -0.3 is 4.90 Å². The van der Waals surface area contributed by atoms with Crippen LogP contribution in [0.1, 0.15) is 19.3 Å². The zero-order chi connectivity index (χ0) is 15.1. The molecule has 0 saturated carbocycles. The molecule has 1 unspecified atom stereocenters. The zero-order valence-corrected chi connectivity index (χ0v) is 12.3. The van der Waals surface area contributed by atoms with E-state index in [1.165, 1.54) is 0 Å². The number of hydrogen-bond acceptors (Lipinski definition) is 3. The first-order chi connectivity index (χ1) is 10.7. The van der Waals surface area contributed by atoms with Crippen LogP contribution in [-0.2, 0) is 9.59 Å². The number of para-hydroxylation sites is 1. The molecule has 1 aromatic carbocycles. The van der Waals surface area contributed by atoms with E-state index >= 15 is 0 Å². The van der Waals surface area contributed by atoms with Crippen LogP contribution in [0.15, 0.2) is 24.3 Å². The molecule has 1 atom stereocenters. The topological polar surface area (TPSA) is 69.3 Å². The summed E-state index contributed by atoms with van der Waals surface area (Å²) in [6.07, 6.45) is 2.43. The van der Waals surface area contributed by atoms with Crippen molar-refractivity contribution in [1.29, 1.82) is 0 Å². The van der Waals surface area contributed by atoms with Crippen molar-refractivity contribution in [2.24, 2.45) is 5.92 Å². The van der Waals surface area contributed by atoms with E-state index in [1.807, 2.05) is 29.2 Å². The van der Waals surface area contributed by atoms with Crippen LogP contribution in [0.2, 0.25) is 0 Å². The molecule has 2 amide bonds.